The molecule has 27 heavy (non-hydrogen) atoms. The number of aryl methyl sites for hydroxylation is 1. The van der Waals surface area contributed by atoms with Crippen LogP contribution < -0.4 is 10.0 Å². The third-order valence-corrected chi connectivity index (χ3v) is 6.90. The Morgan fingerprint density at radius 2 is 1.78 bits per heavy atom. The fraction of sp³-hybridized carbons (Fsp3) is 0.579. The van der Waals surface area contributed by atoms with Crippen LogP contribution in [0.5, 0.6) is 0 Å². The zero-order valence-electron chi connectivity index (χ0n) is 15.8. The fourth-order valence-electron chi connectivity index (χ4n) is 3.51. The Morgan fingerprint density at radius 1 is 1.19 bits per heavy atom. The Labute approximate surface area is 160 Å². The van der Waals surface area contributed by atoms with Gasteiger partial charge in [0.15, 0.2) is 0 Å². The molecule has 0 bridgehead atoms. The minimum Gasteiger partial charge on any atom is -0.480 e. The molecule has 0 spiro atoms. The van der Waals surface area contributed by atoms with E-state index < -0.39 is 21.5 Å². The maximum absolute atomic E-state index is 12.3. The third-order valence-electron chi connectivity index (χ3n) is 5.47. The highest BCUT2D eigenvalue weighted by atomic mass is 32.2. The Balaban J connectivity index is 1.94. The summed E-state index contributed by atoms with van der Waals surface area (Å²) in [5.74, 6) is -0.729. The van der Waals surface area contributed by atoms with Gasteiger partial charge < -0.3 is 10.4 Å². The monoisotopic (exact) mass is 396 g/mol. The second-order valence-corrected chi connectivity index (χ2v) is 9.03. The van der Waals surface area contributed by atoms with Crippen LogP contribution in [0.4, 0.5) is 0 Å². The molecule has 0 aliphatic heterocycles. The van der Waals surface area contributed by atoms with Crippen LogP contribution in [0, 0.1) is 5.92 Å². The summed E-state index contributed by atoms with van der Waals surface area (Å²) in [6.07, 6.45) is 4.15. The molecule has 7 nitrogen and oxygen atoms in total. The van der Waals surface area contributed by atoms with Gasteiger partial charge in [0.2, 0.25) is 15.9 Å². The molecule has 0 unspecified atom stereocenters. The summed E-state index contributed by atoms with van der Waals surface area (Å²) in [5.41, 5.74) is -0.340. The third kappa shape index (κ3) is 5.29. The molecule has 1 amide bonds. The van der Waals surface area contributed by atoms with E-state index in [0.29, 0.717) is 25.2 Å². The van der Waals surface area contributed by atoms with Gasteiger partial charge in [0, 0.05) is 6.42 Å². The summed E-state index contributed by atoms with van der Waals surface area (Å²) in [6, 6.07) is 6.31. The van der Waals surface area contributed by atoms with E-state index in [1.807, 2.05) is 0 Å². The summed E-state index contributed by atoms with van der Waals surface area (Å²) < 4.78 is 25.7. The molecule has 1 saturated carbocycles. The second-order valence-electron chi connectivity index (χ2n) is 7.14. The van der Waals surface area contributed by atoms with Crippen LogP contribution in [0.1, 0.15) is 51.0 Å². The maximum Gasteiger partial charge on any atom is 0.329 e. The first-order valence-electron chi connectivity index (χ1n) is 9.29. The lowest BCUT2D eigenvalue weighted by Gasteiger charge is -2.37. The van der Waals surface area contributed by atoms with E-state index in [9.17, 15) is 23.1 Å². The molecular formula is C19H28N2O5S. The lowest BCUT2D eigenvalue weighted by Crippen LogP contribution is -2.56. The summed E-state index contributed by atoms with van der Waals surface area (Å²) in [4.78, 5) is 24.3. The molecule has 1 aliphatic rings. The molecule has 0 heterocycles. The van der Waals surface area contributed by atoms with Crippen LogP contribution in [0.3, 0.4) is 0 Å². The van der Waals surface area contributed by atoms with Gasteiger partial charge in [-0.1, -0.05) is 25.5 Å². The van der Waals surface area contributed by atoms with Crippen molar-refractivity contribution in [3.05, 3.63) is 29.8 Å². The number of carbonyl (C=O) groups is 2. The normalized spacial score (nSPS) is 23.0. The van der Waals surface area contributed by atoms with Crippen LogP contribution in [-0.2, 0) is 26.0 Å². The van der Waals surface area contributed by atoms with E-state index in [4.69, 9.17) is 0 Å². The largest absolute Gasteiger partial charge is 0.480 e. The van der Waals surface area contributed by atoms with Crippen molar-refractivity contribution in [3.63, 3.8) is 0 Å². The minimum absolute atomic E-state index is 0.157. The van der Waals surface area contributed by atoms with Crippen molar-refractivity contribution in [2.45, 2.75) is 62.3 Å². The van der Waals surface area contributed by atoms with Crippen LogP contribution in [0.15, 0.2) is 29.2 Å². The average molecular weight is 397 g/mol. The molecule has 0 saturated heterocycles. The quantitative estimate of drug-likeness (QED) is 0.623. The lowest BCUT2D eigenvalue weighted by atomic mass is 9.75. The van der Waals surface area contributed by atoms with Crippen molar-refractivity contribution >= 4 is 21.9 Å². The van der Waals surface area contributed by atoms with Crippen molar-refractivity contribution in [1.29, 1.82) is 0 Å². The van der Waals surface area contributed by atoms with Crippen molar-refractivity contribution in [2.24, 2.45) is 5.92 Å². The topological polar surface area (TPSA) is 113 Å². The van der Waals surface area contributed by atoms with Gasteiger partial charge in [-0.15, -0.1) is 0 Å². The number of sulfonamides is 1. The first-order chi connectivity index (χ1) is 12.7. The Morgan fingerprint density at radius 3 is 2.26 bits per heavy atom. The van der Waals surface area contributed by atoms with Crippen LogP contribution in [0.25, 0.3) is 0 Å². The number of amides is 1. The highest BCUT2D eigenvalue weighted by Crippen LogP contribution is 2.34. The van der Waals surface area contributed by atoms with Crippen LogP contribution >= 0.6 is 0 Å². The molecule has 0 aromatic heterocycles. The first-order valence-corrected chi connectivity index (χ1v) is 10.8. The van der Waals surface area contributed by atoms with Crippen LogP contribution in [-0.4, -0.2) is 38.0 Å². The molecule has 8 heteroatoms. The highest BCUT2D eigenvalue weighted by molar-refractivity contribution is 7.89. The molecule has 0 radical (unpaired) electrons. The number of carbonyl (C=O) groups excluding carboxylic acids is 1. The zero-order chi connectivity index (χ0) is 20.1. The Hall–Kier alpha value is -1.93. The molecule has 0 atom stereocenters. The second kappa shape index (κ2) is 8.84. The molecule has 1 aromatic rings. The van der Waals surface area contributed by atoms with Gasteiger partial charge >= 0.3 is 5.97 Å². The van der Waals surface area contributed by atoms with Crippen molar-refractivity contribution < 1.29 is 23.1 Å². The SMILES string of the molecule is CCC1CCC(NC(=O)CCc2ccc(S(=O)(=O)NC)cc2)(C(=O)O)CC1. The molecule has 1 aromatic carbocycles. The van der Waals surface area contributed by atoms with Crippen molar-refractivity contribution in [3.8, 4) is 0 Å². The van der Waals surface area contributed by atoms with E-state index in [-0.39, 0.29) is 17.2 Å². The van der Waals surface area contributed by atoms with Gasteiger partial charge in [0.25, 0.3) is 0 Å². The van der Waals surface area contributed by atoms with Gasteiger partial charge in [0.1, 0.15) is 5.54 Å². The Bertz CT molecular complexity index is 766. The minimum atomic E-state index is -3.48. The molecule has 1 fully saturated rings. The molecule has 1 aliphatic carbocycles. The van der Waals surface area contributed by atoms with Gasteiger partial charge in [0.05, 0.1) is 4.90 Å². The van der Waals surface area contributed by atoms with Crippen LogP contribution in [0.2, 0.25) is 0 Å². The van der Waals surface area contributed by atoms with Gasteiger partial charge in [-0.2, -0.15) is 0 Å². The van der Waals surface area contributed by atoms with Gasteiger partial charge in [-0.25, -0.2) is 17.9 Å². The number of aliphatic carboxylic acids is 1. The summed E-state index contributed by atoms with van der Waals surface area (Å²) in [7, 11) is -2.14. The van der Waals surface area contributed by atoms with Crippen molar-refractivity contribution in [1.82, 2.24) is 10.0 Å². The highest BCUT2D eigenvalue weighted by Gasteiger charge is 2.42. The van der Waals surface area contributed by atoms with Crippen molar-refractivity contribution in [2.75, 3.05) is 7.05 Å². The molecule has 2 rings (SSSR count). The number of hydrogen-bond donors (Lipinski definition) is 3. The number of carboxylic acid groups (broad SMARTS) is 1. The van der Waals surface area contributed by atoms with E-state index in [2.05, 4.69) is 17.0 Å². The predicted octanol–water partition coefficient (Wildman–Crippen LogP) is 2.07. The van der Waals surface area contributed by atoms with E-state index in [1.54, 1.807) is 12.1 Å². The lowest BCUT2D eigenvalue weighted by molar-refractivity contribution is -0.149. The zero-order valence-corrected chi connectivity index (χ0v) is 16.6. The number of nitrogens with one attached hydrogen (secondary N) is 2. The predicted molar refractivity (Wildman–Crippen MR) is 102 cm³/mol. The van der Waals surface area contributed by atoms with Gasteiger partial charge in [-0.3, -0.25) is 4.79 Å². The van der Waals surface area contributed by atoms with E-state index in [0.717, 1.165) is 24.8 Å². The smallest absolute Gasteiger partial charge is 0.329 e. The number of carboxylic acids is 1. The average Bonchev–Trinajstić information content (AvgIpc) is 2.67. The number of benzene rings is 1. The fourth-order valence-corrected chi connectivity index (χ4v) is 4.24. The number of hydrogen-bond acceptors (Lipinski definition) is 4. The van der Waals surface area contributed by atoms with E-state index >= 15 is 0 Å². The standard InChI is InChI=1S/C19H28N2O5S/c1-3-14-10-12-19(13-11-14,18(23)24)21-17(22)9-6-15-4-7-16(8-5-15)27(25,26)20-2/h4-5,7-8,14,20H,3,6,9-13H2,1-2H3,(H,21,22)(H,23,24). The maximum atomic E-state index is 12.3. The van der Waals surface area contributed by atoms with Gasteiger partial charge in [-0.05, 0) is 62.8 Å². The molecule has 150 valence electrons. The number of rotatable bonds is 8. The summed E-state index contributed by atoms with van der Waals surface area (Å²) in [5, 5.41) is 12.4. The molecular weight excluding hydrogens is 368 g/mol. The first kappa shape index (κ1) is 21.4. The van der Waals surface area contributed by atoms with E-state index in [1.165, 1.54) is 19.2 Å². The summed E-state index contributed by atoms with van der Waals surface area (Å²) >= 11 is 0. The molecule has 3 N–H and O–H groups in total. The summed E-state index contributed by atoms with van der Waals surface area (Å²) in [6.45, 7) is 2.10. The Kier molecular flexibility index (Phi) is 7.00.